The molecule has 118 valence electrons. The van der Waals surface area contributed by atoms with Gasteiger partial charge in [0.25, 0.3) is 5.91 Å². The lowest BCUT2D eigenvalue weighted by atomic mass is 10.1. The molecular weight excluding hydrogens is 316 g/mol. The number of carbonyl (C=O) groups is 1. The van der Waals surface area contributed by atoms with Crippen molar-refractivity contribution in [2.45, 2.75) is 32.7 Å². The predicted molar refractivity (Wildman–Crippen MR) is 89.6 cm³/mol. The molecule has 0 spiro atoms. The van der Waals surface area contributed by atoms with Gasteiger partial charge in [0, 0.05) is 37.0 Å². The number of rotatable bonds is 5. The van der Waals surface area contributed by atoms with Gasteiger partial charge in [-0.2, -0.15) is 0 Å². The Balaban J connectivity index is 1.46. The van der Waals surface area contributed by atoms with E-state index in [2.05, 4.69) is 45.7 Å². The van der Waals surface area contributed by atoms with Crippen molar-refractivity contribution in [1.29, 1.82) is 0 Å². The molecule has 3 heterocycles. The monoisotopic (exact) mass is 336 g/mol. The van der Waals surface area contributed by atoms with Gasteiger partial charge >= 0.3 is 0 Å². The van der Waals surface area contributed by atoms with E-state index in [1.807, 2.05) is 11.3 Å². The van der Waals surface area contributed by atoms with Crippen LogP contribution >= 0.6 is 22.7 Å². The fraction of sp³-hybridized carbons (Fsp3) is 0.533. The van der Waals surface area contributed by atoms with E-state index >= 15 is 0 Å². The maximum Gasteiger partial charge on any atom is 0.282 e. The van der Waals surface area contributed by atoms with Gasteiger partial charge in [-0.15, -0.1) is 21.5 Å². The Labute approximate surface area is 138 Å². The van der Waals surface area contributed by atoms with Gasteiger partial charge in [0.2, 0.25) is 5.01 Å². The number of amides is 1. The summed E-state index contributed by atoms with van der Waals surface area (Å²) in [7, 11) is 0. The Kier molecular flexibility index (Phi) is 4.85. The summed E-state index contributed by atoms with van der Waals surface area (Å²) in [5.74, 6) is 0.199. The molecule has 0 bridgehead atoms. The van der Waals surface area contributed by atoms with E-state index in [-0.39, 0.29) is 5.91 Å². The van der Waals surface area contributed by atoms with Crippen molar-refractivity contribution in [2.24, 2.45) is 0 Å². The molecule has 1 amide bonds. The standard InChI is InChI=1S/C15H20N4OS2/c1-10(2)14-17-18-15(22-14)13(20)16-5-7-19-6-3-12-11(9-19)4-8-21-12/h4,8,10H,3,5-7,9H2,1-2H3,(H,16,20). The minimum atomic E-state index is -0.113. The molecular formula is C15H20N4OS2. The first-order valence-electron chi connectivity index (χ1n) is 7.52. The molecule has 0 saturated carbocycles. The molecule has 0 atom stereocenters. The van der Waals surface area contributed by atoms with Gasteiger partial charge in [0.15, 0.2) is 0 Å². The summed E-state index contributed by atoms with van der Waals surface area (Å²) in [5, 5.41) is 14.5. The second kappa shape index (κ2) is 6.85. The van der Waals surface area contributed by atoms with Crippen LogP contribution in [0.15, 0.2) is 11.4 Å². The van der Waals surface area contributed by atoms with Gasteiger partial charge in [-0.3, -0.25) is 9.69 Å². The number of aromatic nitrogens is 2. The van der Waals surface area contributed by atoms with Gasteiger partial charge in [-0.05, 0) is 23.4 Å². The average Bonchev–Trinajstić information content (AvgIpc) is 3.16. The Morgan fingerprint density at radius 1 is 1.45 bits per heavy atom. The number of nitrogens with one attached hydrogen (secondary N) is 1. The van der Waals surface area contributed by atoms with Gasteiger partial charge in [0.1, 0.15) is 5.01 Å². The molecule has 7 heteroatoms. The zero-order valence-electron chi connectivity index (χ0n) is 12.8. The molecule has 0 radical (unpaired) electrons. The molecule has 0 fully saturated rings. The highest BCUT2D eigenvalue weighted by molar-refractivity contribution is 7.13. The van der Waals surface area contributed by atoms with Gasteiger partial charge in [-0.25, -0.2) is 0 Å². The van der Waals surface area contributed by atoms with E-state index in [0.29, 0.717) is 17.5 Å². The summed E-state index contributed by atoms with van der Waals surface area (Å²) in [5.41, 5.74) is 1.44. The van der Waals surface area contributed by atoms with E-state index in [4.69, 9.17) is 0 Å². The van der Waals surface area contributed by atoms with Crippen LogP contribution in [0.2, 0.25) is 0 Å². The van der Waals surface area contributed by atoms with Crippen LogP contribution in [0.3, 0.4) is 0 Å². The van der Waals surface area contributed by atoms with E-state index in [9.17, 15) is 4.79 Å². The Morgan fingerprint density at radius 2 is 2.32 bits per heavy atom. The summed E-state index contributed by atoms with van der Waals surface area (Å²) in [6.45, 7) is 7.69. The molecule has 3 rings (SSSR count). The quantitative estimate of drug-likeness (QED) is 0.911. The first-order chi connectivity index (χ1) is 10.6. The largest absolute Gasteiger partial charge is 0.349 e. The van der Waals surface area contributed by atoms with E-state index in [1.54, 1.807) is 0 Å². The molecule has 1 N–H and O–H groups in total. The fourth-order valence-corrected chi connectivity index (χ4v) is 4.11. The van der Waals surface area contributed by atoms with Crippen molar-refractivity contribution in [2.75, 3.05) is 19.6 Å². The van der Waals surface area contributed by atoms with Gasteiger partial charge in [-0.1, -0.05) is 25.2 Å². The number of hydrogen-bond donors (Lipinski definition) is 1. The third-order valence-corrected chi connectivity index (χ3v) is 5.97. The van der Waals surface area contributed by atoms with Crippen LogP contribution in [-0.2, 0) is 13.0 Å². The van der Waals surface area contributed by atoms with Crippen molar-refractivity contribution in [3.63, 3.8) is 0 Å². The SMILES string of the molecule is CC(C)c1nnc(C(=O)NCCN2CCc3sccc3C2)s1. The molecule has 1 aliphatic heterocycles. The number of hydrogen-bond acceptors (Lipinski definition) is 6. The number of nitrogens with zero attached hydrogens (tertiary/aromatic N) is 3. The minimum Gasteiger partial charge on any atom is -0.349 e. The lowest BCUT2D eigenvalue weighted by molar-refractivity contribution is 0.0946. The summed E-state index contributed by atoms with van der Waals surface area (Å²) in [4.78, 5) is 16.0. The second-order valence-corrected chi connectivity index (χ2v) is 7.76. The fourth-order valence-electron chi connectivity index (χ4n) is 2.46. The van der Waals surface area contributed by atoms with Crippen molar-refractivity contribution < 1.29 is 4.79 Å². The first kappa shape index (κ1) is 15.6. The van der Waals surface area contributed by atoms with E-state index in [0.717, 1.165) is 31.1 Å². The maximum atomic E-state index is 12.1. The van der Waals surface area contributed by atoms with Crippen LogP contribution in [0.1, 0.15) is 45.0 Å². The van der Waals surface area contributed by atoms with E-state index < -0.39 is 0 Å². The highest BCUT2D eigenvalue weighted by Gasteiger charge is 2.18. The van der Waals surface area contributed by atoms with Crippen LogP contribution in [-0.4, -0.2) is 40.6 Å². The number of fused-ring (bicyclic) bond motifs is 1. The minimum absolute atomic E-state index is 0.113. The highest BCUT2D eigenvalue weighted by Crippen LogP contribution is 2.23. The van der Waals surface area contributed by atoms with Crippen molar-refractivity contribution >= 4 is 28.6 Å². The summed E-state index contributed by atoms with van der Waals surface area (Å²) >= 11 is 3.23. The summed E-state index contributed by atoms with van der Waals surface area (Å²) < 4.78 is 0. The third kappa shape index (κ3) is 3.53. The molecule has 22 heavy (non-hydrogen) atoms. The Morgan fingerprint density at radius 3 is 3.09 bits per heavy atom. The van der Waals surface area contributed by atoms with Crippen LogP contribution in [0.4, 0.5) is 0 Å². The van der Waals surface area contributed by atoms with Crippen LogP contribution in [0.25, 0.3) is 0 Å². The lowest BCUT2D eigenvalue weighted by Gasteiger charge is -2.26. The molecule has 2 aromatic rings. The Hall–Kier alpha value is -1.31. The zero-order chi connectivity index (χ0) is 15.5. The van der Waals surface area contributed by atoms with Crippen molar-refractivity contribution in [3.8, 4) is 0 Å². The summed E-state index contributed by atoms with van der Waals surface area (Å²) in [6.07, 6.45) is 1.12. The first-order valence-corrected chi connectivity index (χ1v) is 9.22. The molecule has 5 nitrogen and oxygen atoms in total. The van der Waals surface area contributed by atoms with E-state index in [1.165, 1.54) is 21.8 Å². The van der Waals surface area contributed by atoms with Crippen molar-refractivity contribution in [3.05, 3.63) is 31.9 Å². The lowest BCUT2D eigenvalue weighted by Crippen LogP contribution is -2.37. The molecule has 0 aromatic carbocycles. The maximum absolute atomic E-state index is 12.1. The molecule has 1 aliphatic rings. The molecule has 0 unspecified atom stereocenters. The average molecular weight is 336 g/mol. The zero-order valence-corrected chi connectivity index (χ0v) is 14.5. The normalized spacial score (nSPS) is 15.0. The molecule has 0 aliphatic carbocycles. The predicted octanol–water partition coefficient (Wildman–Crippen LogP) is 2.51. The second-order valence-electron chi connectivity index (χ2n) is 5.75. The smallest absolute Gasteiger partial charge is 0.282 e. The van der Waals surface area contributed by atoms with Crippen LogP contribution < -0.4 is 5.32 Å². The number of thiophene rings is 1. The summed E-state index contributed by atoms with van der Waals surface area (Å²) in [6, 6.07) is 2.21. The van der Waals surface area contributed by atoms with Gasteiger partial charge in [0.05, 0.1) is 0 Å². The number of carbonyl (C=O) groups excluding carboxylic acids is 1. The van der Waals surface area contributed by atoms with Crippen molar-refractivity contribution in [1.82, 2.24) is 20.4 Å². The highest BCUT2D eigenvalue weighted by atomic mass is 32.1. The topological polar surface area (TPSA) is 58.1 Å². The Bertz CT molecular complexity index is 650. The molecule has 0 saturated heterocycles. The van der Waals surface area contributed by atoms with Crippen LogP contribution in [0.5, 0.6) is 0 Å². The van der Waals surface area contributed by atoms with Gasteiger partial charge < -0.3 is 5.32 Å². The molecule has 2 aromatic heterocycles. The third-order valence-electron chi connectivity index (χ3n) is 3.73. The van der Waals surface area contributed by atoms with Crippen LogP contribution in [0, 0.1) is 0 Å².